The summed E-state index contributed by atoms with van der Waals surface area (Å²) >= 11 is 1.74. The molecule has 2 unspecified atom stereocenters. The zero-order valence-corrected chi connectivity index (χ0v) is 15.8. The van der Waals surface area contributed by atoms with Gasteiger partial charge in [0.15, 0.2) is 17.3 Å². The van der Waals surface area contributed by atoms with Crippen LogP contribution in [0.3, 0.4) is 0 Å². The number of nitrogens with zero attached hydrogens (tertiary/aromatic N) is 2. The first-order chi connectivity index (χ1) is 12.5. The van der Waals surface area contributed by atoms with E-state index in [9.17, 15) is 8.94 Å². The van der Waals surface area contributed by atoms with Crippen molar-refractivity contribution in [2.45, 2.75) is 18.2 Å². The number of hydrogen-bond acceptors (Lipinski definition) is 6. The van der Waals surface area contributed by atoms with Gasteiger partial charge in [0.1, 0.15) is 16.2 Å². The van der Waals surface area contributed by atoms with Crippen molar-refractivity contribution < 1.29 is 23.2 Å². The molecule has 0 radical (unpaired) electrons. The third-order valence-electron chi connectivity index (χ3n) is 3.73. The number of halogens is 2. The van der Waals surface area contributed by atoms with Gasteiger partial charge in [-0.3, -0.25) is 0 Å². The molecule has 26 heavy (non-hydrogen) atoms. The Hall–Kier alpha value is -1.94. The summed E-state index contributed by atoms with van der Waals surface area (Å²) in [6.45, 7) is -0.751. The fourth-order valence-corrected chi connectivity index (χ4v) is 3.39. The van der Waals surface area contributed by atoms with Crippen LogP contribution < -0.4 is 9.47 Å². The third kappa shape index (κ3) is 3.11. The summed E-state index contributed by atoms with van der Waals surface area (Å²) in [5.41, 5.74) is 0.951. The fourth-order valence-electron chi connectivity index (χ4n) is 2.51. The predicted molar refractivity (Wildman–Crippen MR) is 95.8 cm³/mol. The SMILES string of the molecule is C[S+]([O-])c1ncc2c3c(c(Br)c(F)c2n1)OC(OCc1ccccc1)O3. The molecule has 0 saturated heterocycles. The summed E-state index contributed by atoms with van der Waals surface area (Å²) in [5, 5.41) is 0.361. The van der Waals surface area contributed by atoms with E-state index in [0.717, 1.165) is 5.56 Å². The first-order valence-corrected chi connectivity index (χ1v) is 9.89. The Morgan fingerprint density at radius 3 is 2.73 bits per heavy atom. The first-order valence-electron chi connectivity index (χ1n) is 7.54. The average Bonchev–Trinajstić information content (AvgIpc) is 3.09. The van der Waals surface area contributed by atoms with Gasteiger partial charge in [0, 0.05) is 17.4 Å². The van der Waals surface area contributed by atoms with Gasteiger partial charge in [0.25, 0.3) is 0 Å². The zero-order valence-electron chi connectivity index (χ0n) is 13.4. The quantitative estimate of drug-likeness (QED) is 0.457. The number of hydrogen-bond donors (Lipinski definition) is 0. The van der Waals surface area contributed by atoms with Gasteiger partial charge in [0.2, 0.25) is 0 Å². The van der Waals surface area contributed by atoms with E-state index in [1.807, 2.05) is 30.3 Å². The van der Waals surface area contributed by atoms with Crippen LogP contribution in [0, 0.1) is 5.82 Å². The largest absolute Gasteiger partial charge is 0.609 e. The third-order valence-corrected chi connectivity index (χ3v) is 5.15. The van der Waals surface area contributed by atoms with Crippen LogP contribution in [0.2, 0.25) is 0 Å². The normalized spacial score (nSPS) is 16.8. The molecule has 0 aliphatic carbocycles. The Balaban J connectivity index is 1.65. The van der Waals surface area contributed by atoms with E-state index < -0.39 is 23.5 Å². The molecule has 6 nitrogen and oxygen atoms in total. The van der Waals surface area contributed by atoms with Crippen molar-refractivity contribution in [1.82, 2.24) is 9.97 Å². The molecule has 2 heterocycles. The van der Waals surface area contributed by atoms with Crippen molar-refractivity contribution in [3.05, 3.63) is 52.4 Å². The minimum Gasteiger partial charge on any atom is -0.609 e. The van der Waals surface area contributed by atoms with Gasteiger partial charge < -0.3 is 18.8 Å². The van der Waals surface area contributed by atoms with Crippen molar-refractivity contribution in [3.8, 4) is 11.5 Å². The molecule has 1 aliphatic rings. The van der Waals surface area contributed by atoms with Gasteiger partial charge in [-0.2, -0.15) is 9.97 Å². The standard InChI is InChI=1S/C17H12BrFN2O4S/c1-26(22)16-20-7-10-13(21-16)12(19)11(18)15-14(10)24-17(25-15)23-8-9-5-3-2-4-6-9/h2-7,17H,8H2,1H3. The van der Waals surface area contributed by atoms with Crippen LogP contribution >= 0.6 is 15.9 Å². The Kier molecular flexibility index (Phi) is 4.70. The molecule has 1 aromatic heterocycles. The molecule has 0 spiro atoms. The van der Waals surface area contributed by atoms with E-state index in [-0.39, 0.29) is 33.3 Å². The molecule has 3 aromatic rings. The summed E-state index contributed by atoms with van der Waals surface area (Å²) in [6, 6.07) is 9.53. The Morgan fingerprint density at radius 2 is 2.00 bits per heavy atom. The second kappa shape index (κ2) is 6.99. The zero-order chi connectivity index (χ0) is 18.3. The van der Waals surface area contributed by atoms with Gasteiger partial charge in [-0.25, -0.2) is 4.39 Å². The van der Waals surface area contributed by atoms with Crippen molar-refractivity contribution in [2.75, 3.05) is 6.26 Å². The van der Waals surface area contributed by atoms with Gasteiger partial charge in [0.05, 0.1) is 12.0 Å². The molecule has 2 aromatic carbocycles. The molecule has 134 valence electrons. The van der Waals surface area contributed by atoms with E-state index in [2.05, 4.69) is 25.9 Å². The Bertz CT molecular complexity index is 974. The summed E-state index contributed by atoms with van der Waals surface area (Å²) in [4.78, 5) is 8.04. The van der Waals surface area contributed by atoms with E-state index >= 15 is 0 Å². The fraction of sp³-hybridized carbons (Fsp3) is 0.176. The van der Waals surface area contributed by atoms with Gasteiger partial charge in [-0.1, -0.05) is 30.3 Å². The maximum Gasteiger partial charge on any atom is 0.361 e. The van der Waals surface area contributed by atoms with E-state index in [0.29, 0.717) is 5.39 Å². The van der Waals surface area contributed by atoms with Crippen LogP contribution in [0.15, 0.2) is 46.2 Å². The lowest BCUT2D eigenvalue weighted by Crippen LogP contribution is -2.21. The number of fused-ring (bicyclic) bond motifs is 3. The minimum atomic E-state index is -1.43. The first kappa shape index (κ1) is 17.5. The second-order valence-corrected chi connectivity index (χ2v) is 7.54. The molecule has 0 N–H and O–H groups in total. The maximum atomic E-state index is 14.7. The molecule has 0 saturated carbocycles. The van der Waals surface area contributed by atoms with Crippen molar-refractivity contribution in [3.63, 3.8) is 0 Å². The molecule has 0 amide bonds. The smallest absolute Gasteiger partial charge is 0.361 e. The lowest BCUT2D eigenvalue weighted by Gasteiger charge is -2.11. The summed E-state index contributed by atoms with van der Waals surface area (Å²) in [5.74, 6) is -0.179. The molecule has 9 heteroatoms. The predicted octanol–water partition coefficient (Wildman–Crippen LogP) is 3.54. The number of aromatic nitrogens is 2. The topological polar surface area (TPSA) is 76.5 Å². The molecular weight excluding hydrogens is 427 g/mol. The minimum absolute atomic E-state index is 0.00290. The van der Waals surface area contributed by atoms with Crippen molar-refractivity contribution in [2.24, 2.45) is 0 Å². The van der Waals surface area contributed by atoms with E-state index in [1.165, 1.54) is 12.5 Å². The van der Waals surface area contributed by atoms with Crippen LogP contribution in [-0.2, 0) is 22.5 Å². The average molecular weight is 439 g/mol. The van der Waals surface area contributed by atoms with E-state index in [1.54, 1.807) is 0 Å². The molecule has 2 atom stereocenters. The van der Waals surface area contributed by atoms with E-state index in [4.69, 9.17) is 14.2 Å². The molecule has 0 fully saturated rings. The number of benzene rings is 2. The highest BCUT2D eigenvalue weighted by Gasteiger charge is 2.33. The van der Waals surface area contributed by atoms with Crippen LogP contribution in [0.1, 0.15) is 5.56 Å². The summed E-state index contributed by atoms with van der Waals surface area (Å²) in [6.07, 6.45) is 2.80. The highest BCUT2D eigenvalue weighted by Crippen LogP contribution is 2.47. The maximum absolute atomic E-state index is 14.7. The van der Waals surface area contributed by atoms with Crippen LogP contribution in [0.4, 0.5) is 4.39 Å². The van der Waals surface area contributed by atoms with Gasteiger partial charge in [-0.05, 0) is 21.5 Å². The second-order valence-electron chi connectivity index (χ2n) is 5.48. The lowest BCUT2D eigenvalue weighted by atomic mass is 10.2. The molecule has 1 aliphatic heterocycles. The van der Waals surface area contributed by atoms with Gasteiger partial charge >= 0.3 is 11.6 Å². The van der Waals surface area contributed by atoms with Gasteiger partial charge in [-0.15, -0.1) is 0 Å². The summed E-state index contributed by atoms with van der Waals surface area (Å²) < 4.78 is 43.2. The Morgan fingerprint density at radius 1 is 1.27 bits per heavy atom. The highest BCUT2D eigenvalue weighted by atomic mass is 79.9. The molecule has 4 rings (SSSR count). The number of ether oxygens (including phenoxy) is 3. The number of rotatable bonds is 4. The van der Waals surface area contributed by atoms with Crippen LogP contribution in [-0.4, -0.2) is 27.3 Å². The van der Waals surface area contributed by atoms with Crippen LogP contribution in [0.25, 0.3) is 10.9 Å². The molecule has 0 bridgehead atoms. The lowest BCUT2D eigenvalue weighted by molar-refractivity contribution is -0.183. The van der Waals surface area contributed by atoms with Crippen molar-refractivity contribution in [1.29, 1.82) is 0 Å². The monoisotopic (exact) mass is 438 g/mol. The highest BCUT2D eigenvalue weighted by molar-refractivity contribution is 9.10. The summed E-state index contributed by atoms with van der Waals surface area (Å²) in [7, 11) is 0. The van der Waals surface area contributed by atoms with Crippen molar-refractivity contribution >= 4 is 38.0 Å². The molecular formula is C17H12BrFN2O4S. The van der Waals surface area contributed by atoms with Crippen LogP contribution in [0.5, 0.6) is 11.5 Å². The Labute approximate surface area is 159 Å².